The van der Waals surface area contributed by atoms with E-state index in [1.165, 1.54) is 45.4 Å². The van der Waals surface area contributed by atoms with E-state index in [0.29, 0.717) is 6.42 Å². The van der Waals surface area contributed by atoms with Gasteiger partial charge < -0.3 is 15.5 Å². The predicted octanol–water partition coefficient (Wildman–Crippen LogP) is 2.86. The van der Waals surface area contributed by atoms with Gasteiger partial charge in [0.1, 0.15) is 0 Å². The zero-order chi connectivity index (χ0) is 16.1. The Morgan fingerprint density at radius 3 is 1.86 bits per heavy atom. The SMILES string of the molecule is CCCCCCCCCCCC(=O)N[C@H](C(=O)O)[C@@H](C)O. The van der Waals surface area contributed by atoms with E-state index in [-0.39, 0.29) is 5.91 Å². The molecule has 0 saturated heterocycles. The molecule has 0 unspecified atom stereocenters. The van der Waals surface area contributed by atoms with Crippen molar-refractivity contribution in [2.24, 2.45) is 0 Å². The Labute approximate surface area is 128 Å². The Morgan fingerprint density at radius 2 is 1.43 bits per heavy atom. The number of carbonyl (C=O) groups excluding carboxylic acids is 1. The second-order valence-electron chi connectivity index (χ2n) is 5.70. The van der Waals surface area contributed by atoms with E-state index in [1.54, 1.807) is 0 Å². The topological polar surface area (TPSA) is 86.6 Å². The van der Waals surface area contributed by atoms with Crippen LogP contribution in [0.1, 0.15) is 78.1 Å². The van der Waals surface area contributed by atoms with Crippen LogP contribution in [0.3, 0.4) is 0 Å². The van der Waals surface area contributed by atoms with E-state index in [2.05, 4.69) is 12.2 Å². The predicted molar refractivity (Wildman–Crippen MR) is 83.1 cm³/mol. The van der Waals surface area contributed by atoms with Crippen LogP contribution in [0, 0.1) is 0 Å². The minimum atomic E-state index is -1.21. The molecular weight excluding hydrogens is 270 g/mol. The maximum atomic E-state index is 11.6. The van der Waals surface area contributed by atoms with E-state index in [4.69, 9.17) is 5.11 Å². The molecule has 0 aliphatic rings. The molecule has 124 valence electrons. The van der Waals surface area contributed by atoms with Gasteiger partial charge in [0.25, 0.3) is 0 Å². The molecule has 0 bridgehead atoms. The number of carboxylic acid groups (broad SMARTS) is 1. The second-order valence-corrected chi connectivity index (χ2v) is 5.70. The lowest BCUT2D eigenvalue weighted by Crippen LogP contribution is -2.47. The van der Waals surface area contributed by atoms with Gasteiger partial charge in [-0.15, -0.1) is 0 Å². The lowest BCUT2D eigenvalue weighted by atomic mass is 10.1. The number of unbranched alkanes of at least 4 members (excludes halogenated alkanes) is 8. The highest BCUT2D eigenvalue weighted by Crippen LogP contribution is 2.10. The fourth-order valence-corrected chi connectivity index (χ4v) is 2.23. The molecule has 0 rings (SSSR count). The Morgan fingerprint density at radius 1 is 0.952 bits per heavy atom. The van der Waals surface area contributed by atoms with Gasteiger partial charge >= 0.3 is 5.97 Å². The summed E-state index contributed by atoms with van der Waals surface area (Å²) in [7, 11) is 0. The van der Waals surface area contributed by atoms with Crippen LogP contribution in [0.15, 0.2) is 0 Å². The molecule has 0 saturated carbocycles. The normalized spacial score (nSPS) is 13.7. The third kappa shape index (κ3) is 11.3. The molecule has 0 aliphatic heterocycles. The summed E-state index contributed by atoms with van der Waals surface area (Å²) < 4.78 is 0. The van der Waals surface area contributed by atoms with Crippen molar-refractivity contribution in [3.05, 3.63) is 0 Å². The van der Waals surface area contributed by atoms with Crippen LogP contribution in [0.25, 0.3) is 0 Å². The third-order valence-electron chi connectivity index (χ3n) is 3.57. The van der Waals surface area contributed by atoms with Gasteiger partial charge in [-0.1, -0.05) is 58.3 Å². The number of aliphatic hydroxyl groups is 1. The van der Waals surface area contributed by atoms with Crippen molar-refractivity contribution in [2.45, 2.75) is 90.2 Å². The third-order valence-corrected chi connectivity index (χ3v) is 3.57. The molecule has 0 aromatic rings. The Kier molecular flexibility index (Phi) is 12.0. The molecule has 0 heterocycles. The van der Waals surface area contributed by atoms with E-state index >= 15 is 0 Å². The van der Waals surface area contributed by atoms with Gasteiger partial charge in [0.15, 0.2) is 6.04 Å². The van der Waals surface area contributed by atoms with E-state index in [0.717, 1.165) is 19.3 Å². The van der Waals surface area contributed by atoms with Crippen LogP contribution in [0.2, 0.25) is 0 Å². The number of hydrogen-bond donors (Lipinski definition) is 3. The van der Waals surface area contributed by atoms with Gasteiger partial charge in [0, 0.05) is 6.42 Å². The molecule has 0 fully saturated rings. The van der Waals surface area contributed by atoms with Crippen molar-refractivity contribution in [2.75, 3.05) is 0 Å². The highest BCUT2D eigenvalue weighted by atomic mass is 16.4. The van der Waals surface area contributed by atoms with Crippen LogP contribution in [-0.4, -0.2) is 34.2 Å². The summed E-state index contributed by atoms with van der Waals surface area (Å²) in [5, 5.41) is 20.5. The first kappa shape index (κ1) is 19.9. The summed E-state index contributed by atoms with van der Waals surface area (Å²) in [6.07, 6.45) is 9.77. The van der Waals surface area contributed by atoms with Crippen molar-refractivity contribution in [1.82, 2.24) is 5.32 Å². The Balaban J connectivity index is 3.55. The van der Waals surface area contributed by atoms with Crippen molar-refractivity contribution in [3.8, 4) is 0 Å². The zero-order valence-corrected chi connectivity index (χ0v) is 13.4. The molecule has 0 radical (unpaired) electrons. The van der Waals surface area contributed by atoms with Gasteiger partial charge in [0.2, 0.25) is 5.91 Å². The molecule has 5 heteroatoms. The lowest BCUT2D eigenvalue weighted by molar-refractivity contribution is -0.144. The summed E-state index contributed by atoms with van der Waals surface area (Å²) >= 11 is 0. The van der Waals surface area contributed by atoms with Crippen LogP contribution in [0.5, 0.6) is 0 Å². The Hall–Kier alpha value is -1.10. The first-order valence-electron chi connectivity index (χ1n) is 8.19. The number of rotatable bonds is 13. The molecule has 0 aromatic carbocycles. The summed E-state index contributed by atoms with van der Waals surface area (Å²) in [4.78, 5) is 22.4. The highest BCUT2D eigenvalue weighted by Gasteiger charge is 2.24. The molecule has 21 heavy (non-hydrogen) atoms. The van der Waals surface area contributed by atoms with Crippen molar-refractivity contribution in [1.29, 1.82) is 0 Å². The van der Waals surface area contributed by atoms with Crippen LogP contribution < -0.4 is 5.32 Å². The number of carboxylic acids is 1. The molecule has 3 N–H and O–H groups in total. The van der Waals surface area contributed by atoms with Gasteiger partial charge in [0.05, 0.1) is 6.10 Å². The minimum absolute atomic E-state index is 0.300. The number of hydrogen-bond acceptors (Lipinski definition) is 3. The highest BCUT2D eigenvalue weighted by molar-refractivity contribution is 5.83. The van der Waals surface area contributed by atoms with E-state index in [1.807, 2.05) is 0 Å². The quantitative estimate of drug-likeness (QED) is 0.457. The minimum Gasteiger partial charge on any atom is -0.480 e. The van der Waals surface area contributed by atoms with Crippen molar-refractivity contribution < 1.29 is 19.8 Å². The van der Waals surface area contributed by atoms with Crippen LogP contribution in [-0.2, 0) is 9.59 Å². The lowest BCUT2D eigenvalue weighted by Gasteiger charge is -2.16. The zero-order valence-electron chi connectivity index (χ0n) is 13.4. The maximum absolute atomic E-state index is 11.6. The number of aliphatic hydroxyl groups excluding tert-OH is 1. The number of amides is 1. The summed E-state index contributed by atoms with van der Waals surface area (Å²) in [6.45, 7) is 3.56. The first-order valence-corrected chi connectivity index (χ1v) is 8.19. The molecule has 1 amide bonds. The average molecular weight is 301 g/mol. The van der Waals surface area contributed by atoms with Crippen LogP contribution in [0.4, 0.5) is 0 Å². The van der Waals surface area contributed by atoms with Gasteiger partial charge in [-0.2, -0.15) is 0 Å². The van der Waals surface area contributed by atoms with Gasteiger partial charge in [-0.3, -0.25) is 4.79 Å². The van der Waals surface area contributed by atoms with Crippen molar-refractivity contribution in [3.63, 3.8) is 0 Å². The van der Waals surface area contributed by atoms with Crippen molar-refractivity contribution >= 4 is 11.9 Å². The smallest absolute Gasteiger partial charge is 0.328 e. The number of nitrogens with one attached hydrogen (secondary N) is 1. The number of aliphatic carboxylic acids is 1. The van der Waals surface area contributed by atoms with Gasteiger partial charge in [-0.25, -0.2) is 4.79 Å². The molecule has 0 aromatic heterocycles. The maximum Gasteiger partial charge on any atom is 0.328 e. The fourth-order valence-electron chi connectivity index (χ4n) is 2.23. The molecule has 5 nitrogen and oxygen atoms in total. The standard InChI is InChI=1S/C16H31NO4/c1-3-4-5-6-7-8-9-10-11-12-14(19)17-15(13(2)18)16(20)21/h13,15,18H,3-12H2,1-2H3,(H,17,19)(H,20,21)/t13-,15+/m1/s1. The molecular formula is C16H31NO4. The monoisotopic (exact) mass is 301 g/mol. The Bertz CT molecular complexity index is 292. The molecule has 2 atom stereocenters. The van der Waals surface area contributed by atoms with Gasteiger partial charge in [-0.05, 0) is 13.3 Å². The summed E-state index contributed by atoms with van der Waals surface area (Å²) in [5.74, 6) is -1.50. The second kappa shape index (κ2) is 12.6. The van der Waals surface area contributed by atoms with E-state index < -0.39 is 18.1 Å². The van der Waals surface area contributed by atoms with Crippen LogP contribution >= 0.6 is 0 Å². The number of carbonyl (C=O) groups is 2. The first-order chi connectivity index (χ1) is 9.99. The molecule has 0 spiro atoms. The fraction of sp³-hybridized carbons (Fsp3) is 0.875. The van der Waals surface area contributed by atoms with E-state index in [9.17, 15) is 14.7 Å². The largest absolute Gasteiger partial charge is 0.480 e. The summed E-state index contributed by atoms with van der Waals surface area (Å²) in [6, 6.07) is -1.21. The molecule has 0 aliphatic carbocycles. The summed E-state index contributed by atoms with van der Waals surface area (Å²) in [5.41, 5.74) is 0. The average Bonchev–Trinajstić information content (AvgIpc) is 2.42.